The number of hydrogen-bond donors (Lipinski definition) is 1. The van der Waals surface area contributed by atoms with Crippen LogP contribution in [0, 0.1) is 6.92 Å². The van der Waals surface area contributed by atoms with Gasteiger partial charge in [-0.15, -0.1) is 0 Å². The number of hydrogen-bond acceptors (Lipinski definition) is 4. The van der Waals surface area contributed by atoms with Crippen LogP contribution in [0.3, 0.4) is 0 Å². The summed E-state index contributed by atoms with van der Waals surface area (Å²) in [7, 11) is 0. The van der Waals surface area contributed by atoms with E-state index in [-0.39, 0.29) is 18.4 Å². The lowest BCUT2D eigenvalue weighted by Gasteiger charge is -2.12. The number of aryl methyl sites for hydroxylation is 1. The average molecular weight is 289 g/mol. The molecule has 2 aromatic rings. The summed E-state index contributed by atoms with van der Waals surface area (Å²) < 4.78 is 4.94. The number of carbonyl (C=O) groups is 1. The highest BCUT2D eigenvalue weighted by Gasteiger charge is 2.13. The van der Waals surface area contributed by atoms with Crippen molar-refractivity contribution in [2.24, 2.45) is 5.73 Å². The number of nitrogens with two attached hydrogens (primary N) is 1. The minimum absolute atomic E-state index is 0.208. The fourth-order valence-electron chi connectivity index (χ4n) is 2.11. The van der Waals surface area contributed by atoms with Crippen molar-refractivity contribution in [3.05, 3.63) is 46.2 Å². The summed E-state index contributed by atoms with van der Waals surface area (Å²) in [5.41, 5.74) is 10.7. The molecule has 0 saturated carbocycles. The van der Waals surface area contributed by atoms with Crippen LogP contribution in [0.2, 0.25) is 0 Å². The summed E-state index contributed by atoms with van der Waals surface area (Å²) >= 11 is 1.69. The minimum Gasteiger partial charge on any atom is -0.466 e. The lowest BCUT2D eigenvalue weighted by atomic mass is 9.98. The molecule has 106 valence electrons. The standard InChI is InChI=1S/C16H19NO2S/c1-3-19-16(18)8-15(17)13-6-4-5-12(7-13)14-10-20-9-11(14)2/h4-7,9-10,15H,3,8,17H2,1-2H3/t15-/m0/s1. The minimum atomic E-state index is -0.326. The topological polar surface area (TPSA) is 52.3 Å². The van der Waals surface area contributed by atoms with Crippen molar-refractivity contribution in [2.45, 2.75) is 26.3 Å². The van der Waals surface area contributed by atoms with Crippen LogP contribution < -0.4 is 5.73 Å². The van der Waals surface area contributed by atoms with Gasteiger partial charge in [0.15, 0.2) is 0 Å². The molecule has 1 aromatic heterocycles. The summed E-state index contributed by atoms with van der Waals surface area (Å²) in [6.45, 7) is 4.28. The first-order valence-electron chi connectivity index (χ1n) is 6.66. The van der Waals surface area contributed by atoms with E-state index in [4.69, 9.17) is 10.5 Å². The molecule has 0 saturated heterocycles. The maximum absolute atomic E-state index is 11.5. The molecule has 2 rings (SSSR count). The Hall–Kier alpha value is -1.65. The molecule has 0 fully saturated rings. The van der Waals surface area contributed by atoms with Crippen LogP contribution in [-0.2, 0) is 9.53 Å². The highest BCUT2D eigenvalue weighted by atomic mass is 32.1. The van der Waals surface area contributed by atoms with Gasteiger partial charge in [-0.2, -0.15) is 11.3 Å². The van der Waals surface area contributed by atoms with Crippen LogP contribution in [0.5, 0.6) is 0 Å². The Bertz CT molecular complexity index is 592. The maximum Gasteiger partial charge on any atom is 0.307 e. The molecule has 0 radical (unpaired) electrons. The van der Waals surface area contributed by atoms with Crippen molar-refractivity contribution < 1.29 is 9.53 Å². The molecule has 0 bridgehead atoms. The van der Waals surface area contributed by atoms with Gasteiger partial charge in [0.05, 0.1) is 13.0 Å². The van der Waals surface area contributed by atoms with Crippen molar-refractivity contribution in [1.29, 1.82) is 0 Å². The summed E-state index contributed by atoms with van der Waals surface area (Å²) in [5, 5.41) is 4.26. The van der Waals surface area contributed by atoms with Gasteiger partial charge in [-0.1, -0.05) is 18.2 Å². The molecule has 3 nitrogen and oxygen atoms in total. The number of benzene rings is 1. The third kappa shape index (κ3) is 3.46. The maximum atomic E-state index is 11.5. The van der Waals surface area contributed by atoms with E-state index in [9.17, 15) is 4.79 Å². The highest BCUT2D eigenvalue weighted by molar-refractivity contribution is 7.08. The third-order valence-corrected chi connectivity index (χ3v) is 4.03. The second-order valence-corrected chi connectivity index (χ2v) is 5.45. The predicted octanol–water partition coefficient (Wildman–Crippen LogP) is 3.68. The van der Waals surface area contributed by atoms with E-state index in [1.807, 2.05) is 12.1 Å². The zero-order valence-corrected chi connectivity index (χ0v) is 12.6. The van der Waals surface area contributed by atoms with Gasteiger partial charge in [0.25, 0.3) is 0 Å². The van der Waals surface area contributed by atoms with E-state index < -0.39 is 0 Å². The van der Waals surface area contributed by atoms with E-state index in [1.54, 1.807) is 18.3 Å². The van der Waals surface area contributed by atoms with Crippen LogP contribution in [0.25, 0.3) is 11.1 Å². The molecular formula is C16H19NO2S. The van der Waals surface area contributed by atoms with Gasteiger partial charge < -0.3 is 10.5 Å². The molecule has 1 heterocycles. The van der Waals surface area contributed by atoms with Gasteiger partial charge >= 0.3 is 5.97 Å². The normalized spacial score (nSPS) is 12.2. The zero-order valence-electron chi connectivity index (χ0n) is 11.8. The predicted molar refractivity (Wildman–Crippen MR) is 82.7 cm³/mol. The van der Waals surface area contributed by atoms with E-state index in [0.29, 0.717) is 6.61 Å². The second-order valence-electron chi connectivity index (χ2n) is 4.71. The third-order valence-electron chi connectivity index (χ3n) is 3.17. The van der Waals surface area contributed by atoms with E-state index in [2.05, 4.69) is 29.8 Å². The molecule has 0 aliphatic carbocycles. The Labute approximate surface area is 123 Å². The summed E-state index contributed by atoms with van der Waals surface area (Å²) in [4.78, 5) is 11.5. The Morgan fingerprint density at radius 2 is 2.20 bits per heavy atom. The zero-order chi connectivity index (χ0) is 14.5. The molecule has 0 aliphatic heterocycles. The van der Waals surface area contributed by atoms with Crippen LogP contribution in [0.15, 0.2) is 35.0 Å². The van der Waals surface area contributed by atoms with Crippen molar-refractivity contribution in [3.8, 4) is 11.1 Å². The van der Waals surface area contributed by atoms with E-state index >= 15 is 0 Å². The Kier molecular flexibility index (Phi) is 4.93. The molecule has 2 N–H and O–H groups in total. The van der Waals surface area contributed by atoms with Crippen LogP contribution in [0.1, 0.15) is 30.5 Å². The number of carbonyl (C=O) groups excluding carboxylic acids is 1. The van der Waals surface area contributed by atoms with Crippen LogP contribution in [0.4, 0.5) is 0 Å². The molecule has 1 aromatic carbocycles. The highest BCUT2D eigenvalue weighted by Crippen LogP contribution is 2.29. The first-order valence-corrected chi connectivity index (χ1v) is 7.60. The first kappa shape index (κ1) is 14.8. The fourth-order valence-corrected chi connectivity index (χ4v) is 2.97. The van der Waals surface area contributed by atoms with Gasteiger partial charge in [-0.25, -0.2) is 0 Å². The Morgan fingerprint density at radius 1 is 1.40 bits per heavy atom. The van der Waals surface area contributed by atoms with Gasteiger partial charge in [-0.3, -0.25) is 4.79 Å². The van der Waals surface area contributed by atoms with Gasteiger partial charge in [0.1, 0.15) is 0 Å². The summed E-state index contributed by atoms with van der Waals surface area (Å²) in [6, 6.07) is 7.73. The summed E-state index contributed by atoms with van der Waals surface area (Å²) in [6.07, 6.45) is 0.208. The van der Waals surface area contributed by atoms with Crippen molar-refractivity contribution >= 4 is 17.3 Å². The molecule has 0 unspecified atom stereocenters. The van der Waals surface area contributed by atoms with Crippen molar-refractivity contribution in [3.63, 3.8) is 0 Å². The number of thiophene rings is 1. The largest absolute Gasteiger partial charge is 0.466 e. The molecule has 20 heavy (non-hydrogen) atoms. The lowest BCUT2D eigenvalue weighted by molar-refractivity contribution is -0.143. The van der Waals surface area contributed by atoms with Gasteiger partial charge in [0, 0.05) is 6.04 Å². The second kappa shape index (κ2) is 6.68. The number of esters is 1. The number of rotatable bonds is 5. The van der Waals surface area contributed by atoms with Crippen molar-refractivity contribution in [1.82, 2.24) is 0 Å². The number of ether oxygens (including phenoxy) is 1. The Balaban J connectivity index is 2.18. The molecule has 0 aliphatic rings. The smallest absolute Gasteiger partial charge is 0.307 e. The lowest BCUT2D eigenvalue weighted by Crippen LogP contribution is -2.17. The fraction of sp³-hybridized carbons (Fsp3) is 0.312. The molecule has 0 spiro atoms. The van der Waals surface area contributed by atoms with E-state index in [0.717, 1.165) is 11.1 Å². The first-order chi connectivity index (χ1) is 9.61. The van der Waals surface area contributed by atoms with Crippen molar-refractivity contribution in [2.75, 3.05) is 6.61 Å². The Morgan fingerprint density at radius 3 is 2.85 bits per heavy atom. The van der Waals surface area contributed by atoms with Gasteiger partial charge in [-0.05, 0) is 52.9 Å². The van der Waals surface area contributed by atoms with Gasteiger partial charge in [0.2, 0.25) is 0 Å². The molecule has 1 atom stereocenters. The molecule has 0 amide bonds. The summed E-state index contributed by atoms with van der Waals surface area (Å²) in [5.74, 6) is -0.253. The quantitative estimate of drug-likeness (QED) is 0.854. The monoisotopic (exact) mass is 289 g/mol. The van der Waals surface area contributed by atoms with Crippen LogP contribution in [-0.4, -0.2) is 12.6 Å². The molecular weight excluding hydrogens is 270 g/mol. The van der Waals surface area contributed by atoms with E-state index in [1.165, 1.54) is 11.1 Å². The molecule has 4 heteroatoms. The SMILES string of the molecule is CCOC(=O)C[C@H](N)c1cccc(-c2cscc2C)c1. The van der Waals surface area contributed by atoms with Crippen LogP contribution >= 0.6 is 11.3 Å². The average Bonchev–Trinajstić information content (AvgIpc) is 2.85.